The number of nitrogens with zero attached hydrogens (tertiary/aromatic N) is 1. The molecule has 9 heavy (non-hydrogen) atoms. The number of hydrogen-bond acceptors (Lipinski definition) is 2. The fourth-order valence-electron chi connectivity index (χ4n) is 0.573. The van der Waals surface area contributed by atoms with Crippen LogP contribution in [0.3, 0.4) is 0 Å². The summed E-state index contributed by atoms with van der Waals surface area (Å²) in [5, 5.41) is 8.97. The van der Waals surface area contributed by atoms with Gasteiger partial charge in [-0.05, 0) is 12.2 Å². The molecule has 0 fully saturated rings. The van der Waals surface area contributed by atoms with E-state index in [9.17, 15) is 0 Å². The first kappa shape index (κ1) is 8.53. The Labute approximate surface area is 60.9 Å². The number of allylic oxidation sites excluding steroid dienone is 2. The standard InChI is InChI=1S/C6H9NO.ClH/c1-7-5-3-2-4-6(7)8;/h2-6,8H,1H3;1H. The van der Waals surface area contributed by atoms with E-state index in [1.54, 1.807) is 11.0 Å². The van der Waals surface area contributed by atoms with Crippen molar-refractivity contribution in [2.75, 3.05) is 7.05 Å². The normalized spacial score (nSPS) is 23.8. The number of halogens is 1. The first-order valence-electron chi connectivity index (χ1n) is 2.56. The molecule has 0 bridgehead atoms. The van der Waals surface area contributed by atoms with Gasteiger partial charge in [0.25, 0.3) is 0 Å². The lowest BCUT2D eigenvalue weighted by molar-refractivity contribution is 0.0973. The van der Waals surface area contributed by atoms with E-state index >= 15 is 0 Å². The number of hydrogen-bond donors (Lipinski definition) is 1. The van der Waals surface area contributed by atoms with Crippen molar-refractivity contribution in [1.29, 1.82) is 0 Å². The van der Waals surface area contributed by atoms with Crippen LogP contribution < -0.4 is 0 Å². The van der Waals surface area contributed by atoms with Gasteiger partial charge in [0.1, 0.15) is 6.23 Å². The molecule has 1 atom stereocenters. The molecule has 0 saturated carbocycles. The molecule has 1 aliphatic heterocycles. The first-order valence-corrected chi connectivity index (χ1v) is 2.56. The Morgan fingerprint density at radius 3 is 2.44 bits per heavy atom. The van der Waals surface area contributed by atoms with E-state index in [0.29, 0.717) is 0 Å². The van der Waals surface area contributed by atoms with Crippen molar-refractivity contribution in [2.45, 2.75) is 6.23 Å². The van der Waals surface area contributed by atoms with Gasteiger partial charge in [-0.25, -0.2) is 0 Å². The third kappa shape index (κ3) is 2.08. The zero-order valence-corrected chi connectivity index (χ0v) is 6.01. The number of aliphatic hydroxyl groups excluding tert-OH is 1. The van der Waals surface area contributed by atoms with Crippen LogP contribution in [-0.2, 0) is 0 Å². The summed E-state index contributed by atoms with van der Waals surface area (Å²) in [7, 11) is 1.82. The van der Waals surface area contributed by atoms with Gasteiger partial charge >= 0.3 is 0 Å². The van der Waals surface area contributed by atoms with Crippen molar-refractivity contribution in [3.05, 3.63) is 24.4 Å². The topological polar surface area (TPSA) is 23.5 Å². The SMILES string of the molecule is CN1C=CC=CC1O.Cl. The summed E-state index contributed by atoms with van der Waals surface area (Å²) in [4.78, 5) is 1.72. The van der Waals surface area contributed by atoms with Crippen LogP contribution in [0.2, 0.25) is 0 Å². The van der Waals surface area contributed by atoms with Gasteiger partial charge in [0.2, 0.25) is 0 Å². The van der Waals surface area contributed by atoms with Crippen LogP contribution in [0.15, 0.2) is 24.4 Å². The summed E-state index contributed by atoms with van der Waals surface area (Å²) in [5.74, 6) is 0. The Balaban J connectivity index is 0.000000640. The Morgan fingerprint density at radius 1 is 1.44 bits per heavy atom. The number of likely N-dealkylation sites (N-methyl/N-ethyl adjacent to an activating group) is 1. The zero-order chi connectivity index (χ0) is 5.98. The lowest BCUT2D eigenvalue weighted by Gasteiger charge is -2.20. The molecule has 3 heteroatoms. The second-order valence-electron chi connectivity index (χ2n) is 1.81. The van der Waals surface area contributed by atoms with E-state index < -0.39 is 6.23 Å². The predicted molar refractivity (Wildman–Crippen MR) is 39.3 cm³/mol. The molecule has 1 aliphatic rings. The van der Waals surface area contributed by atoms with Crippen LogP contribution in [0.5, 0.6) is 0 Å². The second kappa shape index (κ2) is 3.54. The van der Waals surface area contributed by atoms with Gasteiger partial charge in [0, 0.05) is 13.2 Å². The summed E-state index contributed by atoms with van der Waals surface area (Å²) in [6.07, 6.45) is 6.82. The van der Waals surface area contributed by atoms with Gasteiger partial charge < -0.3 is 10.0 Å². The molecule has 52 valence electrons. The van der Waals surface area contributed by atoms with Gasteiger partial charge in [0.05, 0.1) is 0 Å². The molecule has 0 aromatic rings. The van der Waals surface area contributed by atoms with Crippen LogP contribution in [0, 0.1) is 0 Å². The third-order valence-corrected chi connectivity index (χ3v) is 1.13. The third-order valence-electron chi connectivity index (χ3n) is 1.13. The zero-order valence-electron chi connectivity index (χ0n) is 5.19. The first-order chi connectivity index (χ1) is 3.80. The van der Waals surface area contributed by atoms with Crippen LogP contribution in [0.4, 0.5) is 0 Å². The van der Waals surface area contributed by atoms with Crippen LogP contribution in [0.25, 0.3) is 0 Å². The minimum Gasteiger partial charge on any atom is -0.370 e. The fourth-order valence-corrected chi connectivity index (χ4v) is 0.573. The molecule has 1 rings (SSSR count). The van der Waals surface area contributed by atoms with Crippen molar-refractivity contribution in [3.8, 4) is 0 Å². The molecular weight excluding hydrogens is 138 g/mol. The lowest BCUT2D eigenvalue weighted by Crippen LogP contribution is -2.25. The van der Waals surface area contributed by atoms with E-state index in [2.05, 4.69) is 0 Å². The molecule has 1 heterocycles. The molecule has 0 aromatic heterocycles. The van der Waals surface area contributed by atoms with Crippen molar-refractivity contribution < 1.29 is 5.11 Å². The van der Waals surface area contributed by atoms with E-state index in [0.717, 1.165) is 0 Å². The van der Waals surface area contributed by atoms with Gasteiger partial charge in [-0.2, -0.15) is 0 Å². The molecule has 1 unspecified atom stereocenters. The summed E-state index contributed by atoms with van der Waals surface area (Å²) >= 11 is 0. The Hall–Kier alpha value is -0.470. The molecule has 2 nitrogen and oxygen atoms in total. The highest BCUT2D eigenvalue weighted by atomic mass is 35.5. The predicted octanol–water partition coefficient (Wildman–Crippen LogP) is 0.742. The highest BCUT2D eigenvalue weighted by Gasteiger charge is 2.02. The lowest BCUT2D eigenvalue weighted by atomic mass is 10.3. The summed E-state index contributed by atoms with van der Waals surface area (Å²) in [6.45, 7) is 0. The van der Waals surface area contributed by atoms with Crippen molar-refractivity contribution in [3.63, 3.8) is 0 Å². The van der Waals surface area contributed by atoms with E-state index in [4.69, 9.17) is 5.11 Å². The Bertz CT molecular complexity index is 117. The summed E-state index contributed by atoms with van der Waals surface area (Å²) in [6, 6.07) is 0. The average molecular weight is 148 g/mol. The maximum absolute atomic E-state index is 8.97. The van der Waals surface area contributed by atoms with Gasteiger partial charge in [0.15, 0.2) is 0 Å². The molecule has 0 saturated heterocycles. The smallest absolute Gasteiger partial charge is 0.145 e. The van der Waals surface area contributed by atoms with Crippen molar-refractivity contribution >= 4 is 12.4 Å². The Morgan fingerprint density at radius 2 is 2.11 bits per heavy atom. The second-order valence-corrected chi connectivity index (χ2v) is 1.81. The van der Waals surface area contributed by atoms with Crippen LogP contribution in [0.1, 0.15) is 0 Å². The summed E-state index contributed by atoms with van der Waals surface area (Å²) in [5.41, 5.74) is 0. The Kier molecular flexibility index (Phi) is 3.35. The maximum Gasteiger partial charge on any atom is 0.145 e. The number of aliphatic hydroxyl groups is 1. The fraction of sp³-hybridized carbons (Fsp3) is 0.333. The van der Waals surface area contributed by atoms with Gasteiger partial charge in [-0.15, -0.1) is 12.4 Å². The highest BCUT2D eigenvalue weighted by Crippen LogP contribution is 2.00. The summed E-state index contributed by atoms with van der Waals surface area (Å²) < 4.78 is 0. The molecular formula is C6H10ClNO. The number of rotatable bonds is 0. The minimum atomic E-state index is -0.431. The van der Waals surface area contributed by atoms with Crippen molar-refractivity contribution in [2.24, 2.45) is 0 Å². The van der Waals surface area contributed by atoms with Crippen molar-refractivity contribution in [1.82, 2.24) is 4.90 Å². The molecule has 0 spiro atoms. The average Bonchev–Trinajstić information content (AvgIpc) is 1.77. The largest absolute Gasteiger partial charge is 0.370 e. The maximum atomic E-state index is 8.97. The van der Waals surface area contributed by atoms with Gasteiger partial charge in [-0.1, -0.05) is 6.08 Å². The minimum absolute atomic E-state index is 0. The highest BCUT2D eigenvalue weighted by molar-refractivity contribution is 5.85. The van der Waals surface area contributed by atoms with E-state index in [1.165, 1.54) is 0 Å². The molecule has 0 amide bonds. The molecule has 0 aliphatic carbocycles. The molecule has 1 N–H and O–H groups in total. The monoisotopic (exact) mass is 147 g/mol. The quantitative estimate of drug-likeness (QED) is 0.547. The molecule has 0 radical (unpaired) electrons. The van der Waals surface area contributed by atoms with E-state index in [-0.39, 0.29) is 12.4 Å². The van der Waals surface area contributed by atoms with Crippen LogP contribution in [-0.4, -0.2) is 23.3 Å². The van der Waals surface area contributed by atoms with E-state index in [1.807, 2.05) is 25.4 Å². The van der Waals surface area contributed by atoms with Gasteiger partial charge in [-0.3, -0.25) is 0 Å². The van der Waals surface area contributed by atoms with Crippen LogP contribution >= 0.6 is 12.4 Å². The molecule has 0 aromatic carbocycles.